The number of rotatable bonds is 10. The minimum absolute atomic E-state index is 0.393. The molecule has 1 N–H and O–H groups in total. The molecule has 2 aliphatic heterocycles. The first-order chi connectivity index (χ1) is 20.0. The van der Waals surface area contributed by atoms with E-state index in [0.717, 1.165) is 42.0 Å². The second-order valence-corrected chi connectivity index (χ2v) is 9.66. The van der Waals surface area contributed by atoms with Crippen molar-refractivity contribution in [2.75, 3.05) is 26.3 Å². The first kappa shape index (κ1) is 28.1. The maximum atomic E-state index is 13.8. The summed E-state index contributed by atoms with van der Waals surface area (Å²) in [7, 11) is 0. The zero-order valence-corrected chi connectivity index (χ0v) is 22.3. The van der Waals surface area contributed by atoms with Gasteiger partial charge in [-0.25, -0.2) is 14.0 Å². The second-order valence-electron chi connectivity index (χ2n) is 9.66. The normalized spacial score (nSPS) is 18.7. The molecule has 0 amide bonds. The number of halogens is 1. The molecule has 0 aliphatic carbocycles. The van der Waals surface area contributed by atoms with Crippen LogP contribution in [0.15, 0.2) is 66.7 Å². The van der Waals surface area contributed by atoms with Crippen molar-refractivity contribution in [1.82, 2.24) is 5.32 Å². The van der Waals surface area contributed by atoms with Crippen LogP contribution in [0.5, 0.6) is 11.5 Å². The van der Waals surface area contributed by atoms with Gasteiger partial charge in [0, 0.05) is 5.56 Å². The first-order valence-electron chi connectivity index (χ1n) is 13.4. The zero-order valence-electron chi connectivity index (χ0n) is 22.3. The molecular weight excluding hydrogens is 531 g/mol. The molecule has 0 radical (unpaired) electrons. The molecule has 2 atom stereocenters. The molecular formula is C31H29FN2O7. The van der Waals surface area contributed by atoms with E-state index in [1.165, 1.54) is 18.4 Å². The molecule has 0 aromatic heterocycles. The summed E-state index contributed by atoms with van der Waals surface area (Å²) in [6.07, 6.45) is 2.86. The van der Waals surface area contributed by atoms with Crippen LogP contribution in [-0.2, 0) is 35.8 Å². The van der Waals surface area contributed by atoms with Crippen LogP contribution in [0.1, 0.15) is 47.8 Å². The average Bonchev–Trinajstić information content (AvgIpc) is 3.31. The van der Waals surface area contributed by atoms with Gasteiger partial charge in [-0.1, -0.05) is 48.5 Å². The lowest BCUT2D eigenvalue weighted by Gasteiger charge is -2.31. The molecule has 0 saturated carbocycles. The maximum Gasteiger partial charge on any atom is 0.432 e. The smallest absolute Gasteiger partial charge is 0.432 e. The van der Waals surface area contributed by atoms with E-state index in [9.17, 15) is 14.0 Å². The van der Waals surface area contributed by atoms with Crippen molar-refractivity contribution in [1.29, 1.82) is 5.26 Å². The van der Waals surface area contributed by atoms with Gasteiger partial charge in [-0.3, -0.25) is 0 Å². The molecule has 0 bridgehead atoms. The minimum Gasteiger partial charge on any atom is -0.486 e. The number of hydrogen-bond donors (Lipinski definition) is 1. The Hall–Kier alpha value is -4.46. The Bertz CT molecular complexity index is 1440. The number of carbonyl (C=O) groups is 2. The summed E-state index contributed by atoms with van der Waals surface area (Å²) in [5, 5.41) is 12.0. The SMILES string of the molecule is N#COC(=O)C(=O)OC1OC(CCCNCCCc2cccc3c2OCCO3)(c2ccc(F)cc2)c2ccccc21. The minimum atomic E-state index is -1.44. The monoisotopic (exact) mass is 560 g/mol. The van der Waals surface area contributed by atoms with Gasteiger partial charge in [0.1, 0.15) is 24.6 Å². The molecule has 41 heavy (non-hydrogen) atoms. The van der Waals surface area contributed by atoms with Gasteiger partial charge in [0.2, 0.25) is 6.29 Å². The van der Waals surface area contributed by atoms with E-state index in [1.807, 2.05) is 24.3 Å². The summed E-state index contributed by atoms with van der Waals surface area (Å²) >= 11 is 0. The van der Waals surface area contributed by atoms with Crippen molar-refractivity contribution in [2.24, 2.45) is 0 Å². The predicted molar refractivity (Wildman–Crippen MR) is 143 cm³/mol. The van der Waals surface area contributed by atoms with Crippen molar-refractivity contribution in [2.45, 2.75) is 37.6 Å². The zero-order chi connectivity index (χ0) is 28.7. The van der Waals surface area contributed by atoms with Gasteiger partial charge in [-0.2, -0.15) is 0 Å². The topological polar surface area (TPSA) is 116 Å². The fraction of sp³-hybridized carbons (Fsp3) is 0.323. The van der Waals surface area contributed by atoms with Gasteiger partial charge in [-0.05, 0) is 73.7 Å². The van der Waals surface area contributed by atoms with Crippen LogP contribution < -0.4 is 14.8 Å². The van der Waals surface area contributed by atoms with Crippen molar-refractivity contribution in [3.05, 3.63) is 94.8 Å². The number of nitrogens with zero attached hydrogens (tertiary/aromatic N) is 1. The highest BCUT2D eigenvalue weighted by Gasteiger charge is 2.48. The molecule has 0 spiro atoms. The predicted octanol–water partition coefficient (Wildman–Crippen LogP) is 4.44. The van der Waals surface area contributed by atoms with E-state index in [1.54, 1.807) is 24.3 Å². The molecule has 2 unspecified atom stereocenters. The van der Waals surface area contributed by atoms with Crippen molar-refractivity contribution in [3.63, 3.8) is 0 Å². The lowest BCUT2D eigenvalue weighted by Crippen LogP contribution is -2.30. The van der Waals surface area contributed by atoms with Crippen LogP contribution in [0, 0.1) is 17.3 Å². The number of aryl methyl sites for hydroxylation is 1. The number of ether oxygens (including phenoxy) is 5. The van der Waals surface area contributed by atoms with Gasteiger partial charge in [-0.15, -0.1) is 5.26 Å². The Balaban J connectivity index is 1.24. The molecule has 9 nitrogen and oxygen atoms in total. The Kier molecular flexibility index (Phi) is 8.77. The van der Waals surface area contributed by atoms with E-state index in [-0.39, 0.29) is 0 Å². The Morgan fingerprint density at radius 1 is 0.976 bits per heavy atom. The van der Waals surface area contributed by atoms with E-state index in [0.29, 0.717) is 43.7 Å². The summed E-state index contributed by atoms with van der Waals surface area (Å²) in [5.41, 5.74) is 2.04. The standard InChI is InChI=1S/C31H29FN2O7/c32-23-13-11-22(12-14-23)31(25-9-2-1-8-24(25)30(41-31)40-29(36)28(35)39-20-33)15-5-17-34-16-4-7-21-6-3-10-26-27(21)38-19-18-37-26/h1-3,6,8-14,30,34H,4-5,7,15-19H2. The van der Waals surface area contributed by atoms with Gasteiger partial charge in [0.25, 0.3) is 6.26 Å². The van der Waals surface area contributed by atoms with Crippen molar-refractivity contribution >= 4 is 11.9 Å². The summed E-state index contributed by atoms with van der Waals surface area (Å²) in [6, 6.07) is 19.1. The molecule has 3 aromatic carbocycles. The Labute approximate surface area is 236 Å². The summed E-state index contributed by atoms with van der Waals surface area (Å²) < 4.78 is 41.1. The molecule has 5 rings (SSSR count). The van der Waals surface area contributed by atoms with Gasteiger partial charge < -0.3 is 29.0 Å². The highest BCUT2D eigenvalue weighted by Crippen LogP contribution is 2.50. The highest BCUT2D eigenvalue weighted by atomic mass is 19.1. The molecule has 212 valence electrons. The second kappa shape index (κ2) is 12.8. The lowest BCUT2D eigenvalue weighted by atomic mass is 9.82. The van der Waals surface area contributed by atoms with Crippen LogP contribution >= 0.6 is 0 Å². The molecule has 3 aromatic rings. The van der Waals surface area contributed by atoms with Crippen molar-refractivity contribution < 1.29 is 37.7 Å². The van der Waals surface area contributed by atoms with E-state index in [4.69, 9.17) is 24.2 Å². The molecule has 10 heteroatoms. The largest absolute Gasteiger partial charge is 0.486 e. The van der Waals surface area contributed by atoms with Crippen LogP contribution in [-0.4, -0.2) is 38.2 Å². The van der Waals surface area contributed by atoms with Crippen LogP contribution in [0.3, 0.4) is 0 Å². The van der Waals surface area contributed by atoms with Crippen molar-refractivity contribution in [3.8, 4) is 17.8 Å². The van der Waals surface area contributed by atoms with Gasteiger partial charge in [0.15, 0.2) is 11.5 Å². The molecule has 2 aliphatic rings. The third-order valence-electron chi connectivity index (χ3n) is 7.12. The fourth-order valence-corrected chi connectivity index (χ4v) is 5.30. The van der Waals surface area contributed by atoms with Crippen LogP contribution in [0.4, 0.5) is 4.39 Å². The number of nitrogens with one attached hydrogen (secondary N) is 1. The van der Waals surface area contributed by atoms with Crippen LogP contribution in [0.25, 0.3) is 0 Å². The number of carbonyl (C=O) groups excluding carboxylic acids is 2. The number of esters is 2. The fourth-order valence-electron chi connectivity index (χ4n) is 5.30. The summed E-state index contributed by atoms with van der Waals surface area (Å²) in [5.74, 6) is -1.56. The molecule has 0 saturated heterocycles. The third-order valence-corrected chi connectivity index (χ3v) is 7.12. The van der Waals surface area contributed by atoms with E-state index >= 15 is 0 Å². The summed E-state index contributed by atoms with van der Waals surface area (Å²) in [4.78, 5) is 24.0. The highest BCUT2D eigenvalue weighted by molar-refractivity contribution is 6.30. The number of benzene rings is 3. The lowest BCUT2D eigenvalue weighted by molar-refractivity contribution is -0.204. The summed E-state index contributed by atoms with van der Waals surface area (Å²) in [6.45, 7) is 2.57. The first-order valence-corrected chi connectivity index (χ1v) is 13.4. The number of hydrogen-bond acceptors (Lipinski definition) is 9. The van der Waals surface area contributed by atoms with E-state index < -0.39 is 29.6 Å². The van der Waals surface area contributed by atoms with Gasteiger partial charge >= 0.3 is 11.9 Å². The maximum absolute atomic E-state index is 13.8. The average molecular weight is 561 g/mol. The Morgan fingerprint density at radius 2 is 1.76 bits per heavy atom. The van der Waals surface area contributed by atoms with E-state index in [2.05, 4.69) is 16.1 Å². The Morgan fingerprint density at radius 3 is 2.59 bits per heavy atom. The molecule has 0 fully saturated rings. The third kappa shape index (κ3) is 6.16. The number of para-hydroxylation sites is 1. The quantitative estimate of drug-likeness (QED) is 0.166. The number of fused-ring (bicyclic) bond motifs is 2. The van der Waals surface area contributed by atoms with Crippen LogP contribution in [0.2, 0.25) is 0 Å². The molecule has 2 heterocycles. The van der Waals surface area contributed by atoms with Gasteiger partial charge in [0.05, 0.1) is 0 Å². The number of nitriles is 1.